The molecule has 0 bridgehead atoms. The van der Waals surface area contributed by atoms with Crippen molar-refractivity contribution in [3.63, 3.8) is 0 Å². The zero-order valence-electron chi connectivity index (χ0n) is 4.68. The summed E-state index contributed by atoms with van der Waals surface area (Å²) in [5.41, 5.74) is 0. The van der Waals surface area contributed by atoms with Crippen LogP contribution in [0, 0.1) is 6.20 Å². The summed E-state index contributed by atoms with van der Waals surface area (Å²) < 4.78 is 8.44. The molecule has 0 amide bonds. The molecule has 10 heavy (non-hydrogen) atoms. The predicted molar refractivity (Wildman–Crippen MR) is 32.0 cm³/mol. The Kier molecular flexibility index (Phi) is 1.17. The second-order valence-electron chi connectivity index (χ2n) is 1.46. The van der Waals surface area contributed by atoms with Crippen molar-refractivity contribution in [2.75, 3.05) is 0 Å². The van der Waals surface area contributed by atoms with Crippen molar-refractivity contribution >= 4 is 11.5 Å². The van der Waals surface area contributed by atoms with Crippen LogP contribution >= 0.6 is 11.5 Å². The Bertz CT molecular complexity index is 257. The van der Waals surface area contributed by atoms with Crippen molar-refractivity contribution in [1.29, 1.82) is 0 Å². The Morgan fingerprint density at radius 2 is 2.60 bits per heavy atom. The zero-order valence-corrected chi connectivity index (χ0v) is 5.50. The molecule has 49 valence electrons. The maximum Gasteiger partial charge on any atom is 0.261 e. The van der Waals surface area contributed by atoms with Gasteiger partial charge in [-0.15, -0.1) is 15.3 Å². The summed E-state index contributed by atoms with van der Waals surface area (Å²) in [6.45, 7) is 0. The van der Waals surface area contributed by atoms with Crippen molar-refractivity contribution < 1.29 is 4.42 Å². The third kappa shape index (κ3) is 0.781. The van der Waals surface area contributed by atoms with Crippen LogP contribution in [0.4, 0.5) is 0 Å². The molecule has 1 radical (unpaired) electrons. The summed E-state index contributed by atoms with van der Waals surface area (Å²) in [4.78, 5) is 0.664. The third-order valence-electron chi connectivity index (χ3n) is 0.879. The second kappa shape index (κ2) is 2.14. The fourth-order valence-electron chi connectivity index (χ4n) is 0.506. The molecule has 2 heterocycles. The van der Waals surface area contributed by atoms with Gasteiger partial charge in [-0.3, -0.25) is 0 Å². The molecule has 2 rings (SSSR count). The van der Waals surface area contributed by atoms with Crippen LogP contribution in [0.2, 0.25) is 0 Å². The van der Waals surface area contributed by atoms with Crippen molar-refractivity contribution in [3.05, 3.63) is 12.6 Å². The lowest BCUT2D eigenvalue weighted by molar-refractivity contribution is 0.570. The molecule has 0 aliphatic heterocycles. The molecular formula is C4HN4OS. The SMILES string of the molecule is [c]1nnsc1-c1nnco1. The van der Waals surface area contributed by atoms with E-state index in [0.29, 0.717) is 10.8 Å². The first-order valence-corrected chi connectivity index (χ1v) is 3.21. The van der Waals surface area contributed by atoms with Gasteiger partial charge in [0.05, 0.1) is 0 Å². The van der Waals surface area contributed by atoms with E-state index in [4.69, 9.17) is 4.42 Å². The highest BCUT2D eigenvalue weighted by molar-refractivity contribution is 7.09. The highest BCUT2D eigenvalue weighted by Gasteiger charge is 2.05. The largest absolute Gasteiger partial charge is 0.423 e. The Morgan fingerprint density at radius 3 is 3.20 bits per heavy atom. The van der Waals surface area contributed by atoms with Crippen LogP contribution in [0.25, 0.3) is 10.8 Å². The molecule has 0 unspecified atom stereocenters. The van der Waals surface area contributed by atoms with Crippen molar-refractivity contribution in [3.8, 4) is 10.8 Å². The van der Waals surface area contributed by atoms with E-state index in [9.17, 15) is 0 Å². The van der Waals surface area contributed by atoms with Crippen LogP contribution < -0.4 is 0 Å². The Labute approximate surface area is 59.9 Å². The van der Waals surface area contributed by atoms with E-state index in [2.05, 4.69) is 26.0 Å². The topological polar surface area (TPSA) is 64.7 Å². The predicted octanol–water partition coefficient (Wildman–Crippen LogP) is 0.388. The van der Waals surface area contributed by atoms with Crippen LogP contribution in [0.1, 0.15) is 0 Å². The molecule has 6 heteroatoms. The van der Waals surface area contributed by atoms with E-state index in [-0.39, 0.29) is 0 Å². The first-order valence-electron chi connectivity index (χ1n) is 2.43. The first-order chi connectivity index (χ1) is 4.97. The van der Waals surface area contributed by atoms with E-state index < -0.39 is 0 Å². The smallest absolute Gasteiger partial charge is 0.261 e. The van der Waals surface area contributed by atoms with E-state index in [1.54, 1.807) is 0 Å². The molecule has 0 atom stereocenters. The summed E-state index contributed by atoms with van der Waals surface area (Å²) in [5.74, 6) is 0.412. The lowest BCUT2D eigenvalue weighted by atomic mass is 10.6. The normalized spacial score (nSPS) is 10.0. The van der Waals surface area contributed by atoms with Gasteiger partial charge in [0.2, 0.25) is 6.39 Å². The number of rotatable bonds is 1. The summed E-state index contributed by atoms with van der Waals surface area (Å²) in [7, 11) is 0. The molecule has 0 fully saturated rings. The minimum absolute atomic E-state index is 0.412. The third-order valence-corrected chi connectivity index (χ3v) is 1.49. The van der Waals surface area contributed by atoms with Gasteiger partial charge in [0, 0.05) is 0 Å². The van der Waals surface area contributed by atoms with Crippen LogP contribution in [0.5, 0.6) is 0 Å². The van der Waals surface area contributed by atoms with Gasteiger partial charge >= 0.3 is 0 Å². The summed E-state index contributed by atoms with van der Waals surface area (Å²) in [6.07, 6.45) is 3.85. The highest BCUT2D eigenvalue weighted by atomic mass is 32.1. The van der Waals surface area contributed by atoms with Gasteiger partial charge in [-0.2, -0.15) is 0 Å². The van der Waals surface area contributed by atoms with E-state index in [0.717, 1.165) is 0 Å². The maximum absolute atomic E-state index is 4.85. The first kappa shape index (κ1) is 5.48. The monoisotopic (exact) mass is 153 g/mol. The van der Waals surface area contributed by atoms with Gasteiger partial charge in [-0.1, -0.05) is 4.49 Å². The molecule has 0 saturated heterocycles. The number of nitrogens with zero attached hydrogens (tertiary/aromatic N) is 4. The lowest BCUT2D eigenvalue weighted by Crippen LogP contribution is -1.70. The van der Waals surface area contributed by atoms with E-state index >= 15 is 0 Å². The molecule has 0 aliphatic rings. The van der Waals surface area contributed by atoms with Crippen molar-refractivity contribution in [2.24, 2.45) is 0 Å². The average Bonchev–Trinajstić information content (AvgIpc) is 2.59. The van der Waals surface area contributed by atoms with Gasteiger partial charge in [0.25, 0.3) is 5.89 Å². The number of hydrogen-bond acceptors (Lipinski definition) is 6. The van der Waals surface area contributed by atoms with E-state index in [1.807, 2.05) is 0 Å². The van der Waals surface area contributed by atoms with E-state index in [1.165, 1.54) is 17.9 Å². The molecule has 0 saturated carbocycles. The lowest BCUT2D eigenvalue weighted by Gasteiger charge is -1.77. The summed E-state index contributed by atoms with van der Waals surface area (Å²) in [6, 6.07) is 0. The van der Waals surface area contributed by atoms with Crippen LogP contribution in [-0.2, 0) is 0 Å². The molecule has 0 N–H and O–H groups in total. The molecule has 5 nitrogen and oxygen atoms in total. The molecule has 0 aromatic carbocycles. The van der Waals surface area contributed by atoms with Gasteiger partial charge in [0.1, 0.15) is 11.1 Å². The molecule has 0 spiro atoms. The van der Waals surface area contributed by atoms with Gasteiger partial charge in [-0.25, -0.2) is 0 Å². The minimum atomic E-state index is 0.412. The fourth-order valence-corrected chi connectivity index (χ4v) is 0.918. The molecular weight excluding hydrogens is 152 g/mol. The number of hydrogen-bond donors (Lipinski definition) is 0. The minimum Gasteiger partial charge on any atom is -0.423 e. The van der Waals surface area contributed by atoms with Gasteiger partial charge < -0.3 is 4.42 Å². The van der Waals surface area contributed by atoms with Gasteiger partial charge in [-0.05, 0) is 11.5 Å². The van der Waals surface area contributed by atoms with Crippen molar-refractivity contribution in [1.82, 2.24) is 19.8 Å². The summed E-state index contributed by atoms with van der Waals surface area (Å²) >= 11 is 1.17. The van der Waals surface area contributed by atoms with Crippen LogP contribution in [-0.4, -0.2) is 19.8 Å². The zero-order chi connectivity index (χ0) is 6.81. The van der Waals surface area contributed by atoms with Crippen LogP contribution in [0.3, 0.4) is 0 Å². The number of aromatic nitrogens is 4. The Morgan fingerprint density at radius 1 is 1.60 bits per heavy atom. The standard InChI is InChI=1S/C4HN4OS/c1-3(10-8-5-1)4-7-6-2-9-4/h2H. The molecule has 0 aliphatic carbocycles. The summed E-state index contributed by atoms with van der Waals surface area (Å²) in [5, 5.41) is 10.6. The van der Waals surface area contributed by atoms with Gasteiger partial charge in [0.15, 0.2) is 0 Å². The maximum atomic E-state index is 4.85. The average molecular weight is 153 g/mol. The van der Waals surface area contributed by atoms with Crippen LogP contribution in [0.15, 0.2) is 10.8 Å². The highest BCUT2D eigenvalue weighted by Crippen LogP contribution is 2.16. The molecule has 2 aromatic heterocycles. The molecule has 2 aromatic rings. The quantitative estimate of drug-likeness (QED) is 0.592. The van der Waals surface area contributed by atoms with Crippen molar-refractivity contribution in [2.45, 2.75) is 0 Å². The fraction of sp³-hybridized carbons (Fsp3) is 0. The Hall–Kier alpha value is -1.30. The second-order valence-corrected chi connectivity index (χ2v) is 2.21. The Balaban J connectivity index is 2.48.